The smallest absolute Gasteiger partial charge is 0.333 e. The molecular formula is C10H8Br2O3. The highest BCUT2D eigenvalue weighted by Crippen LogP contribution is 2.62. The van der Waals surface area contributed by atoms with Crippen molar-refractivity contribution >= 4 is 43.8 Å². The maximum Gasteiger partial charge on any atom is 0.333 e. The summed E-state index contributed by atoms with van der Waals surface area (Å²) in [4.78, 5) is 23.6. The molecule has 1 heterocycles. The number of carbonyl (C=O) groups is 2. The van der Waals surface area contributed by atoms with Crippen molar-refractivity contribution in [3.63, 3.8) is 0 Å². The first-order chi connectivity index (χ1) is 7.01. The van der Waals surface area contributed by atoms with E-state index in [1.54, 1.807) is 0 Å². The Hall–Kier alpha value is -0.160. The second kappa shape index (κ2) is 2.74. The number of hydrogen-bond acceptors (Lipinski definition) is 3. The number of ether oxygens (including phenoxy) is 1. The zero-order chi connectivity index (χ0) is 10.8. The van der Waals surface area contributed by atoms with Gasteiger partial charge in [-0.05, 0) is 12.8 Å². The summed E-state index contributed by atoms with van der Waals surface area (Å²) in [5.74, 6) is -0.825. The van der Waals surface area contributed by atoms with Crippen LogP contribution in [0.15, 0.2) is 12.2 Å². The fourth-order valence-corrected chi connectivity index (χ4v) is 4.69. The predicted octanol–water partition coefficient (Wildman–Crippen LogP) is 1.93. The van der Waals surface area contributed by atoms with Crippen molar-refractivity contribution in [1.29, 1.82) is 0 Å². The maximum absolute atomic E-state index is 11.8. The molecule has 2 bridgehead atoms. The summed E-state index contributed by atoms with van der Waals surface area (Å²) in [6.07, 6.45) is 5.87. The van der Waals surface area contributed by atoms with Gasteiger partial charge < -0.3 is 4.74 Å². The number of alkyl halides is 2. The molecule has 4 aliphatic rings. The Morgan fingerprint density at radius 3 is 1.80 bits per heavy atom. The molecule has 0 aromatic rings. The normalized spacial score (nSPS) is 51.9. The van der Waals surface area contributed by atoms with Gasteiger partial charge in [0.1, 0.15) is 0 Å². The quantitative estimate of drug-likeness (QED) is 0.294. The van der Waals surface area contributed by atoms with Crippen LogP contribution in [0.5, 0.6) is 0 Å². The average molecular weight is 336 g/mol. The van der Waals surface area contributed by atoms with Crippen molar-refractivity contribution < 1.29 is 14.3 Å². The molecule has 80 valence electrons. The first-order valence-corrected chi connectivity index (χ1v) is 6.42. The Morgan fingerprint density at radius 2 is 1.47 bits per heavy atom. The third kappa shape index (κ3) is 0.884. The van der Waals surface area contributed by atoms with Gasteiger partial charge in [-0.3, -0.25) is 0 Å². The number of carbonyl (C=O) groups excluding carboxylic acids is 2. The van der Waals surface area contributed by atoms with Gasteiger partial charge in [0, 0.05) is 11.8 Å². The van der Waals surface area contributed by atoms with Crippen LogP contribution in [0.2, 0.25) is 0 Å². The third-order valence-corrected chi connectivity index (χ3v) is 7.30. The minimum atomic E-state index is -0.894. The molecule has 2 fully saturated rings. The van der Waals surface area contributed by atoms with Crippen LogP contribution in [-0.4, -0.2) is 20.6 Å². The molecule has 1 aliphatic heterocycles. The summed E-state index contributed by atoms with van der Waals surface area (Å²) in [7, 11) is 0. The molecule has 1 saturated heterocycles. The zero-order valence-electron chi connectivity index (χ0n) is 7.70. The number of rotatable bonds is 0. The van der Waals surface area contributed by atoms with Gasteiger partial charge in [-0.2, -0.15) is 0 Å². The highest BCUT2D eigenvalue weighted by molar-refractivity contribution is 9.13. The molecule has 0 spiro atoms. The van der Waals surface area contributed by atoms with Gasteiger partial charge in [-0.1, -0.05) is 44.0 Å². The standard InChI is InChI=1S/C10H8Br2O3/c11-9-5-1-2-6(4-3-5)10(9,12)8(14)15-7(9)13/h1-2,5-6H,3-4H2. The van der Waals surface area contributed by atoms with Crippen molar-refractivity contribution in [2.45, 2.75) is 21.5 Å². The van der Waals surface area contributed by atoms with E-state index in [0.29, 0.717) is 0 Å². The number of esters is 2. The van der Waals surface area contributed by atoms with Crippen LogP contribution < -0.4 is 0 Å². The lowest BCUT2D eigenvalue weighted by molar-refractivity contribution is -0.153. The highest BCUT2D eigenvalue weighted by Gasteiger charge is 2.74. The van der Waals surface area contributed by atoms with E-state index in [2.05, 4.69) is 31.9 Å². The van der Waals surface area contributed by atoms with E-state index < -0.39 is 20.6 Å². The predicted molar refractivity (Wildman–Crippen MR) is 59.8 cm³/mol. The van der Waals surface area contributed by atoms with Crippen LogP contribution in [0, 0.1) is 11.8 Å². The average Bonchev–Trinajstić information content (AvgIpc) is 2.42. The number of hydrogen-bond donors (Lipinski definition) is 0. The number of fused-ring (bicyclic) bond motifs is 1. The molecule has 4 unspecified atom stereocenters. The van der Waals surface area contributed by atoms with Crippen LogP contribution in [0.25, 0.3) is 0 Å². The van der Waals surface area contributed by atoms with Gasteiger partial charge in [0.25, 0.3) is 0 Å². The van der Waals surface area contributed by atoms with E-state index in [1.165, 1.54) is 0 Å². The molecule has 1 saturated carbocycles. The molecular weight excluding hydrogens is 328 g/mol. The van der Waals surface area contributed by atoms with E-state index in [0.717, 1.165) is 12.8 Å². The molecule has 0 aromatic heterocycles. The van der Waals surface area contributed by atoms with Crippen LogP contribution in [0.3, 0.4) is 0 Å². The molecule has 0 amide bonds. The molecule has 0 N–H and O–H groups in total. The lowest BCUT2D eigenvalue weighted by Gasteiger charge is -2.48. The van der Waals surface area contributed by atoms with E-state index in [-0.39, 0.29) is 11.8 Å². The van der Waals surface area contributed by atoms with Gasteiger partial charge in [-0.15, -0.1) is 0 Å². The molecule has 3 nitrogen and oxygen atoms in total. The third-order valence-electron chi connectivity index (χ3n) is 3.70. The van der Waals surface area contributed by atoms with E-state index in [1.807, 2.05) is 12.2 Å². The summed E-state index contributed by atoms with van der Waals surface area (Å²) in [6.45, 7) is 0. The van der Waals surface area contributed by atoms with Crippen LogP contribution in [0.4, 0.5) is 0 Å². The van der Waals surface area contributed by atoms with Crippen molar-refractivity contribution in [3.05, 3.63) is 12.2 Å². The van der Waals surface area contributed by atoms with Crippen molar-refractivity contribution in [3.8, 4) is 0 Å². The van der Waals surface area contributed by atoms with E-state index >= 15 is 0 Å². The van der Waals surface area contributed by atoms with Crippen LogP contribution in [-0.2, 0) is 14.3 Å². The van der Waals surface area contributed by atoms with Crippen molar-refractivity contribution in [2.75, 3.05) is 0 Å². The van der Waals surface area contributed by atoms with E-state index in [4.69, 9.17) is 4.74 Å². The second-order valence-corrected chi connectivity index (χ2v) is 6.78. The zero-order valence-corrected chi connectivity index (χ0v) is 10.9. The summed E-state index contributed by atoms with van der Waals surface area (Å²) in [6, 6.07) is 0. The van der Waals surface area contributed by atoms with Crippen molar-refractivity contribution in [1.82, 2.24) is 0 Å². The molecule has 5 heteroatoms. The number of cyclic esters (lactones) is 2. The Kier molecular flexibility index (Phi) is 1.83. The molecule has 0 aromatic carbocycles. The van der Waals surface area contributed by atoms with E-state index in [9.17, 15) is 9.59 Å². The summed E-state index contributed by atoms with van der Waals surface area (Å²) in [5, 5.41) is 0. The minimum Gasteiger partial charge on any atom is -0.391 e. The molecule has 4 atom stereocenters. The Bertz CT molecular complexity index is 369. The largest absolute Gasteiger partial charge is 0.391 e. The summed E-state index contributed by atoms with van der Waals surface area (Å²) in [5.41, 5.74) is 0. The van der Waals surface area contributed by atoms with Gasteiger partial charge in [-0.25, -0.2) is 9.59 Å². The lowest BCUT2D eigenvalue weighted by Crippen LogP contribution is -2.61. The summed E-state index contributed by atoms with van der Waals surface area (Å²) >= 11 is 6.90. The topological polar surface area (TPSA) is 43.4 Å². The summed E-state index contributed by atoms with van der Waals surface area (Å²) < 4.78 is 3.00. The first kappa shape index (κ1) is 10.0. The van der Waals surface area contributed by atoms with Gasteiger partial charge in [0.2, 0.25) is 0 Å². The fraction of sp³-hybridized carbons (Fsp3) is 0.600. The monoisotopic (exact) mass is 334 g/mol. The molecule has 3 aliphatic carbocycles. The van der Waals surface area contributed by atoms with Crippen LogP contribution in [0.1, 0.15) is 12.8 Å². The van der Waals surface area contributed by atoms with Gasteiger partial charge in [0.05, 0.1) is 0 Å². The Morgan fingerprint density at radius 1 is 1.07 bits per heavy atom. The highest BCUT2D eigenvalue weighted by atomic mass is 79.9. The molecule has 4 rings (SSSR count). The van der Waals surface area contributed by atoms with Gasteiger partial charge in [0.15, 0.2) is 8.65 Å². The fourth-order valence-electron chi connectivity index (χ4n) is 2.85. The SMILES string of the molecule is O=C1OC(=O)C2(Br)C3C=CC(CC3)C12Br. The number of allylic oxidation sites excluding steroid dienone is 2. The minimum absolute atomic E-state index is 0.0424. The molecule has 0 radical (unpaired) electrons. The van der Waals surface area contributed by atoms with Crippen LogP contribution >= 0.6 is 31.9 Å². The maximum atomic E-state index is 11.8. The van der Waals surface area contributed by atoms with Crippen molar-refractivity contribution in [2.24, 2.45) is 11.8 Å². The Balaban J connectivity index is 2.25. The molecule has 15 heavy (non-hydrogen) atoms. The second-order valence-electron chi connectivity index (χ2n) is 4.28. The van der Waals surface area contributed by atoms with Gasteiger partial charge >= 0.3 is 11.9 Å². The lowest BCUT2D eigenvalue weighted by atomic mass is 9.63. The first-order valence-electron chi connectivity index (χ1n) is 4.84. The Labute approximate surface area is 103 Å². The number of halogens is 2.